The molecular formula is C28H39N3O4S. The number of hydrogen-bond acceptors (Lipinski definition) is 4. The van der Waals surface area contributed by atoms with E-state index in [1.807, 2.05) is 57.2 Å². The van der Waals surface area contributed by atoms with Gasteiger partial charge in [0.1, 0.15) is 12.6 Å². The molecule has 196 valence electrons. The second-order valence-corrected chi connectivity index (χ2v) is 12.0. The Morgan fingerprint density at radius 3 is 2.19 bits per heavy atom. The molecule has 0 radical (unpaired) electrons. The maximum atomic E-state index is 13.7. The molecule has 0 aliphatic heterocycles. The number of carbonyl (C=O) groups is 2. The van der Waals surface area contributed by atoms with E-state index in [9.17, 15) is 18.0 Å². The van der Waals surface area contributed by atoms with E-state index < -0.39 is 22.0 Å². The molecule has 2 amide bonds. The van der Waals surface area contributed by atoms with Crippen LogP contribution in [0.4, 0.5) is 5.69 Å². The van der Waals surface area contributed by atoms with Crippen molar-refractivity contribution in [1.29, 1.82) is 0 Å². The fraction of sp³-hybridized carbons (Fsp3) is 0.500. The number of hydrogen-bond donors (Lipinski definition) is 1. The summed E-state index contributed by atoms with van der Waals surface area (Å²) in [6.07, 6.45) is 6.35. The van der Waals surface area contributed by atoms with Crippen LogP contribution >= 0.6 is 0 Å². The normalized spacial score (nSPS) is 15.2. The Balaban J connectivity index is 1.89. The van der Waals surface area contributed by atoms with E-state index >= 15 is 0 Å². The van der Waals surface area contributed by atoms with Crippen molar-refractivity contribution in [1.82, 2.24) is 10.2 Å². The molecular weight excluding hydrogens is 474 g/mol. The second kappa shape index (κ2) is 11.9. The molecule has 1 aliphatic rings. The van der Waals surface area contributed by atoms with Gasteiger partial charge in [-0.25, -0.2) is 8.42 Å². The standard InChI is InChI=1S/C28H39N3O4S/c1-20-12-15-24(16-13-20)18-30(23(4)28(33)29-25-9-7-6-8-10-25)27(32)19-31(36(5,34)35)26-17-21(2)11-14-22(26)3/h11-17,23,25H,6-10,18-19H2,1-5H3,(H,29,33)/t23-/m1/s1. The van der Waals surface area contributed by atoms with E-state index in [-0.39, 0.29) is 25.0 Å². The first kappa shape index (κ1) is 27.7. The number of sulfonamides is 1. The molecule has 3 rings (SSSR count). The summed E-state index contributed by atoms with van der Waals surface area (Å²) in [7, 11) is -3.75. The summed E-state index contributed by atoms with van der Waals surface area (Å²) in [4.78, 5) is 28.4. The lowest BCUT2D eigenvalue weighted by molar-refractivity contribution is -0.139. The third kappa shape index (κ3) is 7.32. The molecule has 2 aromatic carbocycles. The maximum absolute atomic E-state index is 13.7. The lowest BCUT2D eigenvalue weighted by Crippen LogP contribution is -2.53. The van der Waals surface area contributed by atoms with Crippen molar-refractivity contribution < 1.29 is 18.0 Å². The molecule has 0 unspecified atom stereocenters. The van der Waals surface area contributed by atoms with Gasteiger partial charge in [-0.1, -0.05) is 61.2 Å². The Morgan fingerprint density at radius 2 is 1.58 bits per heavy atom. The molecule has 1 fully saturated rings. The van der Waals surface area contributed by atoms with Crippen molar-refractivity contribution in [3.05, 3.63) is 64.7 Å². The van der Waals surface area contributed by atoms with Crippen LogP contribution < -0.4 is 9.62 Å². The first-order chi connectivity index (χ1) is 17.0. The molecule has 1 atom stereocenters. The number of nitrogens with one attached hydrogen (secondary N) is 1. The van der Waals surface area contributed by atoms with Crippen molar-refractivity contribution >= 4 is 27.5 Å². The zero-order valence-electron chi connectivity index (χ0n) is 22.1. The lowest BCUT2D eigenvalue weighted by Gasteiger charge is -2.33. The second-order valence-electron chi connectivity index (χ2n) is 10.1. The van der Waals surface area contributed by atoms with Gasteiger partial charge >= 0.3 is 0 Å². The smallest absolute Gasteiger partial charge is 0.244 e. The number of amides is 2. The monoisotopic (exact) mass is 513 g/mol. The Labute approximate surface area is 215 Å². The highest BCUT2D eigenvalue weighted by molar-refractivity contribution is 7.92. The topological polar surface area (TPSA) is 86.8 Å². The zero-order valence-corrected chi connectivity index (χ0v) is 22.9. The van der Waals surface area contributed by atoms with Crippen LogP contribution in [0, 0.1) is 20.8 Å². The summed E-state index contributed by atoms with van der Waals surface area (Å²) in [5.41, 5.74) is 4.10. The number of carbonyl (C=O) groups excluding carboxylic acids is 2. The van der Waals surface area contributed by atoms with Crippen LogP contribution in [0.25, 0.3) is 0 Å². The van der Waals surface area contributed by atoms with Gasteiger partial charge in [0, 0.05) is 12.6 Å². The van der Waals surface area contributed by atoms with Gasteiger partial charge in [-0.3, -0.25) is 13.9 Å². The average Bonchev–Trinajstić information content (AvgIpc) is 2.83. The van der Waals surface area contributed by atoms with E-state index in [1.54, 1.807) is 13.0 Å². The molecule has 0 heterocycles. The predicted octanol–water partition coefficient (Wildman–Crippen LogP) is 4.24. The number of nitrogens with zero attached hydrogens (tertiary/aromatic N) is 2. The zero-order chi connectivity index (χ0) is 26.5. The molecule has 0 bridgehead atoms. The molecule has 1 saturated carbocycles. The average molecular weight is 514 g/mol. The summed E-state index contributed by atoms with van der Waals surface area (Å²) in [5, 5.41) is 3.12. The molecule has 7 nitrogen and oxygen atoms in total. The van der Waals surface area contributed by atoms with Crippen LogP contribution in [0.5, 0.6) is 0 Å². The minimum atomic E-state index is -3.75. The molecule has 2 aromatic rings. The Hall–Kier alpha value is -2.87. The van der Waals surface area contributed by atoms with Crippen molar-refractivity contribution in [2.75, 3.05) is 17.1 Å². The van der Waals surface area contributed by atoms with Gasteiger partial charge in [0.15, 0.2) is 0 Å². The molecule has 1 aliphatic carbocycles. The van der Waals surface area contributed by atoms with Crippen LogP contribution in [0.15, 0.2) is 42.5 Å². The van der Waals surface area contributed by atoms with Gasteiger partial charge in [0.2, 0.25) is 21.8 Å². The van der Waals surface area contributed by atoms with E-state index in [0.717, 1.165) is 58.5 Å². The molecule has 36 heavy (non-hydrogen) atoms. The van der Waals surface area contributed by atoms with Crippen LogP contribution in [0.2, 0.25) is 0 Å². The van der Waals surface area contributed by atoms with Gasteiger partial charge in [-0.2, -0.15) is 0 Å². The van der Waals surface area contributed by atoms with Crippen molar-refractivity contribution in [3.63, 3.8) is 0 Å². The van der Waals surface area contributed by atoms with Crippen LogP contribution in [0.3, 0.4) is 0 Å². The highest BCUT2D eigenvalue weighted by atomic mass is 32.2. The summed E-state index contributed by atoms with van der Waals surface area (Å²) in [6, 6.07) is 12.7. The highest BCUT2D eigenvalue weighted by Crippen LogP contribution is 2.25. The predicted molar refractivity (Wildman–Crippen MR) is 144 cm³/mol. The summed E-state index contributed by atoms with van der Waals surface area (Å²) >= 11 is 0. The molecule has 0 saturated heterocycles. The van der Waals surface area contributed by atoms with Crippen molar-refractivity contribution in [2.45, 2.75) is 78.4 Å². The lowest BCUT2D eigenvalue weighted by atomic mass is 9.95. The van der Waals surface area contributed by atoms with Crippen LogP contribution in [0.1, 0.15) is 61.3 Å². The van der Waals surface area contributed by atoms with Crippen molar-refractivity contribution in [3.8, 4) is 0 Å². The minimum absolute atomic E-state index is 0.118. The Morgan fingerprint density at radius 1 is 0.972 bits per heavy atom. The summed E-state index contributed by atoms with van der Waals surface area (Å²) < 4.78 is 26.7. The summed E-state index contributed by atoms with van der Waals surface area (Å²) in [6.45, 7) is 7.24. The number of anilines is 1. The Bertz CT molecular complexity index is 1170. The highest BCUT2D eigenvalue weighted by Gasteiger charge is 2.31. The number of rotatable bonds is 9. The maximum Gasteiger partial charge on any atom is 0.244 e. The number of aryl methyl sites for hydroxylation is 3. The first-order valence-corrected chi connectivity index (χ1v) is 14.5. The molecule has 1 N–H and O–H groups in total. The van der Waals surface area contributed by atoms with Gasteiger partial charge in [-0.05, 0) is 63.3 Å². The largest absolute Gasteiger partial charge is 0.352 e. The first-order valence-electron chi connectivity index (χ1n) is 12.7. The van der Waals surface area contributed by atoms with E-state index in [4.69, 9.17) is 0 Å². The quantitative estimate of drug-likeness (QED) is 0.543. The third-order valence-electron chi connectivity index (χ3n) is 6.90. The van der Waals surface area contributed by atoms with Gasteiger partial charge in [-0.15, -0.1) is 0 Å². The van der Waals surface area contributed by atoms with Gasteiger partial charge in [0.05, 0.1) is 11.9 Å². The SMILES string of the molecule is Cc1ccc(CN(C(=O)CN(c2cc(C)ccc2C)S(C)(=O)=O)[C@H](C)C(=O)NC2CCCCC2)cc1. The molecule has 0 aromatic heterocycles. The van der Waals surface area contributed by atoms with Crippen LogP contribution in [-0.4, -0.2) is 50.0 Å². The van der Waals surface area contributed by atoms with E-state index in [2.05, 4.69) is 5.32 Å². The Kier molecular flexibility index (Phi) is 9.17. The fourth-order valence-electron chi connectivity index (χ4n) is 4.62. The molecule has 0 spiro atoms. The minimum Gasteiger partial charge on any atom is -0.352 e. The van der Waals surface area contributed by atoms with E-state index in [1.165, 1.54) is 11.3 Å². The van der Waals surface area contributed by atoms with E-state index in [0.29, 0.717) is 5.69 Å². The molecule has 8 heteroatoms. The van der Waals surface area contributed by atoms with Gasteiger partial charge in [0.25, 0.3) is 0 Å². The fourth-order valence-corrected chi connectivity index (χ4v) is 5.52. The summed E-state index contributed by atoms with van der Waals surface area (Å²) in [5.74, 6) is -0.631. The van der Waals surface area contributed by atoms with Gasteiger partial charge < -0.3 is 10.2 Å². The third-order valence-corrected chi connectivity index (χ3v) is 8.03. The van der Waals surface area contributed by atoms with Crippen molar-refractivity contribution in [2.24, 2.45) is 0 Å². The van der Waals surface area contributed by atoms with Crippen LogP contribution in [-0.2, 0) is 26.2 Å². The number of benzene rings is 2.